The molecule has 0 radical (unpaired) electrons. The van der Waals surface area contributed by atoms with Gasteiger partial charge < -0.3 is 5.32 Å². The van der Waals surface area contributed by atoms with Crippen molar-refractivity contribution < 1.29 is 0 Å². The summed E-state index contributed by atoms with van der Waals surface area (Å²) in [7, 11) is 2.07. The number of nitrogens with one attached hydrogen (secondary N) is 1. The van der Waals surface area contributed by atoms with Gasteiger partial charge in [0.05, 0.1) is 0 Å². The number of allylic oxidation sites excluding steroid dienone is 1. The fraction of sp³-hybridized carbons (Fsp3) is 0.429. The summed E-state index contributed by atoms with van der Waals surface area (Å²) in [5.41, 5.74) is 2.93. The second-order valence-electron chi connectivity index (χ2n) is 4.80. The summed E-state index contributed by atoms with van der Waals surface area (Å²) in [5.74, 6) is 1.26. The molecule has 0 saturated carbocycles. The van der Waals surface area contributed by atoms with Gasteiger partial charge in [-0.15, -0.1) is 0 Å². The molecule has 0 spiro atoms. The maximum absolute atomic E-state index is 6.07. The minimum absolute atomic E-state index is 0.596. The summed E-state index contributed by atoms with van der Waals surface area (Å²) in [6.07, 6.45) is 6.97. The van der Waals surface area contributed by atoms with E-state index < -0.39 is 0 Å². The molecule has 2 heteroatoms. The van der Waals surface area contributed by atoms with Gasteiger partial charge in [0.25, 0.3) is 0 Å². The zero-order chi connectivity index (χ0) is 11.1. The second-order valence-corrected chi connectivity index (χ2v) is 5.23. The lowest BCUT2D eigenvalue weighted by Gasteiger charge is -2.40. The summed E-state index contributed by atoms with van der Waals surface area (Å²) in [5, 5.41) is 4.34. The molecule has 0 unspecified atom stereocenters. The Hall–Kier alpha value is -0.790. The van der Waals surface area contributed by atoms with Gasteiger partial charge in [0, 0.05) is 17.0 Å². The maximum Gasteiger partial charge on any atom is 0.0408 e. The molecule has 1 nitrogen and oxygen atoms in total. The van der Waals surface area contributed by atoms with Crippen molar-refractivity contribution in [3.63, 3.8) is 0 Å². The number of fused-ring (bicyclic) bond motifs is 4. The molecule has 2 aliphatic carbocycles. The van der Waals surface area contributed by atoms with Crippen LogP contribution < -0.4 is 5.32 Å². The highest BCUT2D eigenvalue weighted by Crippen LogP contribution is 2.41. The van der Waals surface area contributed by atoms with Crippen molar-refractivity contribution in [3.8, 4) is 0 Å². The fourth-order valence-corrected chi connectivity index (χ4v) is 3.46. The number of likely N-dealkylation sites (N-methyl/N-ethyl adjacent to an activating group) is 1. The van der Waals surface area contributed by atoms with Gasteiger partial charge in [-0.25, -0.2) is 0 Å². The average molecular weight is 234 g/mol. The quantitative estimate of drug-likeness (QED) is 0.735. The lowest BCUT2D eigenvalue weighted by molar-refractivity contribution is 0.330. The number of benzene rings is 1. The first-order valence-corrected chi connectivity index (χ1v) is 6.29. The number of rotatable bonds is 1. The van der Waals surface area contributed by atoms with Crippen LogP contribution in [0.2, 0.25) is 5.02 Å². The lowest BCUT2D eigenvalue weighted by atomic mass is 9.69. The Balaban J connectivity index is 2.08. The maximum atomic E-state index is 6.07. The van der Waals surface area contributed by atoms with E-state index in [4.69, 9.17) is 11.6 Å². The Morgan fingerprint density at radius 2 is 2.25 bits per heavy atom. The van der Waals surface area contributed by atoms with Crippen molar-refractivity contribution in [1.82, 2.24) is 5.32 Å². The first kappa shape index (κ1) is 10.4. The molecule has 0 saturated heterocycles. The third-order valence-electron chi connectivity index (χ3n) is 3.96. The largest absolute Gasteiger partial charge is 0.316 e. The predicted octanol–water partition coefficient (Wildman–Crippen LogP) is 3.14. The van der Waals surface area contributed by atoms with E-state index in [0.717, 1.165) is 17.9 Å². The second kappa shape index (κ2) is 3.90. The van der Waals surface area contributed by atoms with Crippen LogP contribution in [0.1, 0.15) is 23.5 Å². The third-order valence-corrected chi connectivity index (χ3v) is 4.20. The van der Waals surface area contributed by atoms with E-state index in [9.17, 15) is 0 Å². The van der Waals surface area contributed by atoms with Crippen molar-refractivity contribution in [2.24, 2.45) is 5.92 Å². The van der Waals surface area contributed by atoms with E-state index in [1.165, 1.54) is 11.1 Å². The number of hydrogen-bond donors (Lipinski definition) is 1. The molecule has 0 heterocycles. The van der Waals surface area contributed by atoms with E-state index in [1.807, 2.05) is 6.07 Å². The van der Waals surface area contributed by atoms with Gasteiger partial charge in [0.1, 0.15) is 0 Å². The number of hydrogen-bond acceptors (Lipinski definition) is 1. The summed E-state index contributed by atoms with van der Waals surface area (Å²) >= 11 is 6.07. The van der Waals surface area contributed by atoms with Gasteiger partial charge in [0.15, 0.2) is 0 Å². The van der Waals surface area contributed by atoms with E-state index in [-0.39, 0.29) is 0 Å². The normalized spacial score (nSPS) is 31.2. The summed E-state index contributed by atoms with van der Waals surface area (Å²) in [6, 6.07) is 6.97. The molecule has 84 valence electrons. The van der Waals surface area contributed by atoms with Crippen LogP contribution in [0.25, 0.3) is 0 Å². The van der Waals surface area contributed by atoms with E-state index in [0.29, 0.717) is 17.9 Å². The van der Waals surface area contributed by atoms with Crippen LogP contribution in [-0.4, -0.2) is 13.1 Å². The summed E-state index contributed by atoms with van der Waals surface area (Å²) < 4.78 is 0. The van der Waals surface area contributed by atoms with Crippen LogP contribution in [0, 0.1) is 5.92 Å². The van der Waals surface area contributed by atoms with E-state index in [1.54, 1.807) is 0 Å². The van der Waals surface area contributed by atoms with Gasteiger partial charge in [-0.05, 0) is 49.1 Å². The van der Waals surface area contributed by atoms with Crippen LogP contribution in [0.3, 0.4) is 0 Å². The fourth-order valence-electron chi connectivity index (χ4n) is 3.26. The van der Waals surface area contributed by atoms with Crippen molar-refractivity contribution in [1.29, 1.82) is 0 Å². The van der Waals surface area contributed by atoms with Crippen LogP contribution in [0.15, 0.2) is 30.4 Å². The molecular weight excluding hydrogens is 218 g/mol. The highest BCUT2D eigenvalue weighted by Gasteiger charge is 2.35. The molecule has 0 aliphatic heterocycles. The standard InChI is InChI=1S/C14H16ClN/c1-16-14-9-3-2-4-13(14)12-6-5-11(15)8-10(12)7-9/h2-3,5-6,8-9,13-14,16H,4,7H2,1H3/t9-,13+,14-/m0/s1. The zero-order valence-corrected chi connectivity index (χ0v) is 10.2. The van der Waals surface area contributed by atoms with E-state index >= 15 is 0 Å². The first-order chi connectivity index (χ1) is 7.79. The first-order valence-electron chi connectivity index (χ1n) is 5.92. The molecule has 3 atom stereocenters. The molecule has 1 aromatic rings. The molecule has 0 fully saturated rings. The van der Waals surface area contributed by atoms with Crippen molar-refractivity contribution in [3.05, 3.63) is 46.5 Å². The third kappa shape index (κ3) is 1.50. The zero-order valence-electron chi connectivity index (χ0n) is 9.41. The summed E-state index contributed by atoms with van der Waals surface area (Å²) in [6.45, 7) is 0. The van der Waals surface area contributed by atoms with Crippen LogP contribution in [0.4, 0.5) is 0 Å². The number of halogens is 1. The van der Waals surface area contributed by atoms with Crippen molar-refractivity contribution in [2.45, 2.75) is 24.8 Å². The average Bonchev–Trinajstić information content (AvgIpc) is 2.28. The van der Waals surface area contributed by atoms with E-state index in [2.05, 4.69) is 36.6 Å². The Bertz CT molecular complexity index is 438. The molecule has 1 N–H and O–H groups in total. The summed E-state index contributed by atoms with van der Waals surface area (Å²) in [4.78, 5) is 0. The van der Waals surface area contributed by atoms with Gasteiger partial charge >= 0.3 is 0 Å². The SMILES string of the molecule is CN[C@@H]1[C@@H]2CC=C[C@H]1Cc1cc(Cl)ccc12. The molecule has 0 aromatic heterocycles. The van der Waals surface area contributed by atoms with Crippen molar-refractivity contribution in [2.75, 3.05) is 7.05 Å². The molecule has 1 aromatic carbocycles. The Labute approximate surface area is 102 Å². The van der Waals surface area contributed by atoms with Crippen LogP contribution in [-0.2, 0) is 6.42 Å². The Morgan fingerprint density at radius 1 is 1.38 bits per heavy atom. The van der Waals surface area contributed by atoms with Gasteiger partial charge in [-0.2, -0.15) is 0 Å². The topological polar surface area (TPSA) is 12.0 Å². The molecule has 2 aliphatic rings. The highest BCUT2D eigenvalue weighted by molar-refractivity contribution is 6.30. The Morgan fingerprint density at radius 3 is 3.06 bits per heavy atom. The van der Waals surface area contributed by atoms with Gasteiger partial charge in [0.2, 0.25) is 0 Å². The van der Waals surface area contributed by atoms with Crippen LogP contribution in [0.5, 0.6) is 0 Å². The molecule has 3 rings (SSSR count). The monoisotopic (exact) mass is 233 g/mol. The molecule has 0 amide bonds. The highest BCUT2D eigenvalue weighted by atomic mass is 35.5. The lowest BCUT2D eigenvalue weighted by Crippen LogP contribution is -2.44. The molecule has 2 bridgehead atoms. The van der Waals surface area contributed by atoms with Gasteiger partial charge in [-0.3, -0.25) is 0 Å². The van der Waals surface area contributed by atoms with Gasteiger partial charge in [-0.1, -0.05) is 29.8 Å². The van der Waals surface area contributed by atoms with Crippen molar-refractivity contribution >= 4 is 11.6 Å². The minimum Gasteiger partial charge on any atom is -0.316 e. The predicted molar refractivity (Wildman–Crippen MR) is 68.0 cm³/mol. The molecule has 16 heavy (non-hydrogen) atoms. The minimum atomic E-state index is 0.596. The molecular formula is C14H16ClN. The smallest absolute Gasteiger partial charge is 0.0408 e. The van der Waals surface area contributed by atoms with Crippen LogP contribution >= 0.6 is 11.6 Å². The Kier molecular flexibility index (Phi) is 2.53.